The van der Waals surface area contributed by atoms with Crippen LogP contribution in [-0.4, -0.2) is 21.8 Å². The number of carbonyl (C=O) groups is 1. The molecule has 0 bridgehead atoms. The van der Waals surface area contributed by atoms with Gasteiger partial charge in [0.15, 0.2) is 0 Å². The van der Waals surface area contributed by atoms with Gasteiger partial charge in [-0.2, -0.15) is 0 Å². The molecule has 142 valence electrons. The van der Waals surface area contributed by atoms with E-state index >= 15 is 0 Å². The van der Waals surface area contributed by atoms with Crippen molar-refractivity contribution in [3.63, 3.8) is 0 Å². The molecule has 1 unspecified atom stereocenters. The Hall–Kier alpha value is 0.110. The highest BCUT2D eigenvalue weighted by Gasteiger charge is 2.56. The molecular weight excluding hydrogens is 376 g/mol. The minimum absolute atomic E-state index is 0.247. The zero-order chi connectivity index (χ0) is 17.8. The Bertz CT molecular complexity index is 530. The van der Waals surface area contributed by atoms with Gasteiger partial charge in [0.1, 0.15) is 5.78 Å². The molecule has 8 atom stereocenters. The fraction of sp³-hybridized carbons (Fsp3) is 0.955. The van der Waals surface area contributed by atoms with Crippen LogP contribution >= 0.6 is 15.9 Å². The van der Waals surface area contributed by atoms with E-state index in [1.54, 1.807) is 0 Å². The Morgan fingerprint density at radius 2 is 1.76 bits per heavy atom. The summed E-state index contributed by atoms with van der Waals surface area (Å²) in [6, 6.07) is 0. The molecule has 0 heterocycles. The van der Waals surface area contributed by atoms with E-state index in [4.69, 9.17) is 0 Å². The number of alkyl halides is 1. The van der Waals surface area contributed by atoms with E-state index in [0.717, 1.165) is 48.9 Å². The lowest BCUT2D eigenvalue weighted by Crippen LogP contribution is -2.55. The lowest BCUT2D eigenvalue weighted by molar-refractivity contribution is -0.146. The van der Waals surface area contributed by atoms with Gasteiger partial charge in [0.05, 0.1) is 10.9 Å². The first-order valence-corrected chi connectivity index (χ1v) is 11.8. The summed E-state index contributed by atoms with van der Waals surface area (Å²) in [5.74, 6) is 4.80. The molecule has 3 heteroatoms. The van der Waals surface area contributed by atoms with Crippen LogP contribution < -0.4 is 0 Å². The maximum absolute atomic E-state index is 12.6. The molecule has 0 amide bonds. The summed E-state index contributed by atoms with van der Waals surface area (Å²) in [4.78, 5) is 12.6. The molecule has 4 saturated carbocycles. The molecule has 0 aromatic rings. The maximum Gasteiger partial charge on any atom is 0.147 e. The van der Waals surface area contributed by atoms with Gasteiger partial charge in [-0.15, -0.1) is 0 Å². The van der Waals surface area contributed by atoms with Crippen LogP contribution in [0.2, 0.25) is 0 Å². The zero-order valence-corrected chi connectivity index (χ0v) is 17.6. The van der Waals surface area contributed by atoms with Gasteiger partial charge in [0.25, 0.3) is 0 Å². The number of Topliss-reactive ketones (excluding diaryl/α,β-unsaturated/α-hetero) is 1. The number of aliphatic hydroxyl groups is 1. The van der Waals surface area contributed by atoms with Crippen LogP contribution in [0.5, 0.6) is 0 Å². The SMILES string of the molecule is C[C@@]1(O)CC[C@H]2[C@H](CC[C@H]3C4CCC[C@H](C(=O)CBr)[C@@]4(C)CC[C@H]23)C1. The largest absolute Gasteiger partial charge is 0.390 e. The molecule has 1 N–H and O–H groups in total. The summed E-state index contributed by atoms with van der Waals surface area (Å²) >= 11 is 3.44. The van der Waals surface area contributed by atoms with Crippen LogP contribution in [-0.2, 0) is 4.79 Å². The first-order chi connectivity index (χ1) is 11.9. The van der Waals surface area contributed by atoms with Crippen molar-refractivity contribution in [1.29, 1.82) is 0 Å². The quantitative estimate of drug-likeness (QED) is 0.621. The van der Waals surface area contributed by atoms with Gasteiger partial charge in [0, 0.05) is 5.92 Å². The summed E-state index contributed by atoms with van der Waals surface area (Å²) < 4.78 is 0. The average Bonchev–Trinajstić information content (AvgIpc) is 2.58. The monoisotopic (exact) mass is 410 g/mol. The fourth-order valence-corrected chi connectivity index (χ4v) is 8.29. The van der Waals surface area contributed by atoms with Gasteiger partial charge in [0.2, 0.25) is 0 Å². The normalized spacial score (nSPS) is 52.6. The summed E-state index contributed by atoms with van der Waals surface area (Å²) in [6.07, 6.45) is 12.2. The topological polar surface area (TPSA) is 37.3 Å². The van der Waals surface area contributed by atoms with Crippen LogP contribution in [0.15, 0.2) is 0 Å². The van der Waals surface area contributed by atoms with Crippen molar-refractivity contribution in [1.82, 2.24) is 0 Å². The third-order valence-electron chi connectivity index (χ3n) is 9.00. The molecular formula is C22H35BrO2. The number of ketones is 1. The molecule has 25 heavy (non-hydrogen) atoms. The first-order valence-electron chi connectivity index (χ1n) is 10.7. The van der Waals surface area contributed by atoms with Crippen molar-refractivity contribution in [2.45, 2.75) is 83.7 Å². The van der Waals surface area contributed by atoms with E-state index in [1.807, 2.05) is 6.92 Å². The Kier molecular flexibility index (Phi) is 4.89. The van der Waals surface area contributed by atoms with Gasteiger partial charge in [-0.1, -0.05) is 29.3 Å². The Morgan fingerprint density at radius 3 is 2.52 bits per heavy atom. The maximum atomic E-state index is 12.6. The van der Waals surface area contributed by atoms with Crippen molar-refractivity contribution >= 4 is 21.7 Å². The molecule has 0 saturated heterocycles. The molecule has 0 aromatic carbocycles. The number of hydrogen-bond donors (Lipinski definition) is 1. The molecule has 4 fully saturated rings. The van der Waals surface area contributed by atoms with Crippen LogP contribution in [0.1, 0.15) is 78.1 Å². The van der Waals surface area contributed by atoms with Crippen LogP contribution in [0.4, 0.5) is 0 Å². The van der Waals surface area contributed by atoms with Gasteiger partial charge in [-0.05, 0) is 99.7 Å². The van der Waals surface area contributed by atoms with E-state index in [-0.39, 0.29) is 11.3 Å². The molecule has 0 aliphatic heterocycles. The third-order valence-corrected chi connectivity index (χ3v) is 9.55. The second-order valence-corrected chi connectivity index (χ2v) is 10.9. The highest BCUT2D eigenvalue weighted by Crippen LogP contribution is 2.63. The van der Waals surface area contributed by atoms with Crippen LogP contribution in [0.25, 0.3) is 0 Å². The number of halogens is 1. The lowest BCUT2D eigenvalue weighted by Gasteiger charge is -2.60. The van der Waals surface area contributed by atoms with E-state index in [9.17, 15) is 9.90 Å². The fourth-order valence-electron chi connectivity index (χ4n) is 7.90. The first kappa shape index (κ1) is 18.5. The smallest absolute Gasteiger partial charge is 0.147 e. The average molecular weight is 411 g/mol. The highest BCUT2D eigenvalue weighted by molar-refractivity contribution is 9.09. The summed E-state index contributed by atoms with van der Waals surface area (Å²) in [5.41, 5.74) is -0.174. The van der Waals surface area contributed by atoms with Crippen molar-refractivity contribution in [2.75, 3.05) is 5.33 Å². The zero-order valence-electron chi connectivity index (χ0n) is 16.0. The highest BCUT2D eigenvalue weighted by atomic mass is 79.9. The molecule has 2 nitrogen and oxygen atoms in total. The van der Waals surface area contributed by atoms with Crippen molar-refractivity contribution in [3.8, 4) is 0 Å². The van der Waals surface area contributed by atoms with E-state index in [1.165, 1.54) is 44.9 Å². The standard InChI is InChI=1S/C22H35BrO2/c1-21(25)10-8-15-14(12-21)6-7-17-16(15)9-11-22(2)18(17)4-3-5-19(22)20(24)13-23/h14-19,25H,3-13H2,1-2H3/t14-,15+,16-,17-,18?,19-,21-,22+/m1/s1. The lowest BCUT2D eigenvalue weighted by atomic mass is 9.44. The molecule has 4 aliphatic carbocycles. The van der Waals surface area contributed by atoms with Crippen LogP contribution in [0.3, 0.4) is 0 Å². The van der Waals surface area contributed by atoms with Crippen LogP contribution in [0, 0.1) is 40.9 Å². The number of rotatable bonds is 2. The second-order valence-electron chi connectivity index (χ2n) is 10.3. The van der Waals surface area contributed by atoms with E-state index < -0.39 is 5.60 Å². The predicted molar refractivity (Wildman–Crippen MR) is 105 cm³/mol. The predicted octanol–water partition coefficient (Wildman–Crippen LogP) is 5.36. The third kappa shape index (κ3) is 3.06. The molecule has 0 spiro atoms. The van der Waals surface area contributed by atoms with Gasteiger partial charge in [-0.25, -0.2) is 0 Å². The van der Waals surface area contributed by atoms with Gasteiger partial charge in [-0.3, -0.25) is 4.79 Å². The van der Waals surface area contributed by atoms with Crippen molar-refractivity contribution in [3.05, 3.63) is 0 Å². The van der Waals surface area contributed by atoms with Crippen molar-refractivity contribution < 1.29 is 9.90 Å². The number of carbonyl (C=O) groups excluding carboxylic acids is 1. The molecule has 4 aliphatic rings. The minimum atomic E-state index is -0.421. The summed E-state index contributed by atoms with van der Waals surface area (Å²) in [7, 11) is 0. The molecule has 0 aromatic heterocycles. The summed E-state index contributed by atoms with van der Waals surface area (Å²) in [5, 5.41) is 11.1. The van der Waals surface area contributed by atoms with E-state index in [0.29, 0.717) is 11.1 Å². The minimum Gasteiger partial charge on any atom is -0.390 e. The van der Waals surface area contributed by atoms with Crippen molar-refractivity contribution in [2.24, 2.45) is 40.9 Å². The second kappa shape index (κ2) is 6.62. The van der Waals surface area contributed by atoms with Gasteiger partial charge >= 0.3 is 0 Å². The van der Waals surface area contributed by atoms with E-state index in [2.05, 4.69) is 22.9 Å². The number of hydrogen-bond acceptors (Lipinski definition) is 2. The Balaban J connectivity index is 1.56. The number of fused-ring (bicyclic) bond motifs is 5. The summed E-state index contributed by atoms with van der Waals surface area (Å²) in [6.45, 7) is 4.50. The molecule has 0 radical (unpaired) electrons. The van der Waals surface area contributed by atoms with Gasteiger partial charge < -0.3 is 5.11 Å². The Labute approximate surface area is 161 Å². The molecule has 4 rings (SSSR count). The Morgan fingerprint density at radius 1 is 1.00 bits per heavy atom.